The lowest BCUT2D eigenvalue weighted by molar-refractivity contribution is 0.0701. The summed E-state index contributed by atoms with van der Waals surface area (Å²) in [6.45, 7) is 2.84. The van der Waals surface area contributed by atoms with Crippen molar-refractivity contribution in [2.75, 3.05) is 11.4 Å². The summed E-state index contributed by atoms with van der Waals surface area (Å²) in [5, 5.41) is 10.1. The van der Waals surface area contributed by atoms with Crippen molar-refractivity contribution in [2.24, 2.45) is 0 Å². The van der Waals surface area contributed by atoms with E-state index in [4.69, 9.17) is 0 Å². The number of carboxylic acids is 1. The SMILES string of the molecule is CCc1nc(N2CCCc3ccccc32)sc1C(=O)O. The van der Waals surface area contributed by atoms with Gasteiger partial charge in [-0.15, -0.1) is 0 Å². The number of carboxylic acid groups (broad SMARTS) is 1. The Morgan fingerprint density at radius 2 is 2.25 bits per heavy atom. The van der Waals surface area contributed by atoms with Gasteiger partial charge in [-0.05, 0) is 30.9 Å². The van der Waals surface area contributed by atoms with E-state index in [1.54, 1.807) is 0 Å². The summed E-state index contributed by atoms with van der Waals surface area (Å²) >= 11 is 1.28. The summed E-state index contributed by atoms with van der Waals surface area (Å²) in [6.07, 6.45) is 2.79. The van der Waals surface area contributed by atoms with Crippen LogP contribution in [0.1, 0.15) is 34.3 Å². The monoisotopic (exact) mass is 288 g/mol. The largest absolute Gasteiger partial charge is 0.477 e. The molecule has 0 atom stereocenters. The predicted octanol–water partition coefficient (Wildman–Crippen LogP) is 3.49. The van der Waals surface area contributed by atoms with Gasteiger partial charge in [0.1, 0.15) is 4.88 Å². The zero-order valence-corrected chi connectivity index (χ0v) is 12.1. The van der Waals surface area contributed by atoms with Crippen molar-refractivity contribution < 1.29 is 9.90 Å². The van der Waals surface area contributed by atoms with Crippen molar-refractivity contribution in [1.29, 1.82) is 0 Å². The van der Waals surface area contributed by atoms with Crippen LogP contribution in [0, 0.1) is 0 Å². The molecule has 0 fully saturated rings. The number of rotatable bonds is 3. The summed E-state index contributed by atoms with van der Waals surface area (Å²) in [5.74, 6) is -0.879. The van der Waals surface area contributed by atoms with Gasteiger partial charge in [0.15, 0.2) is 5.13 Å². The van der Waals surface area contributed by atoms with E-state index in [1.807, 2.05) is 19.1 Å². The minimum absolute atomic E-state index is 0.366. The van der Waals surface area contributed by atoms with Gasteiger partial charge in [-0.3, -0.25) is 0 Å². The van der Waals surface area contributed by atoms with E-state index in [1.165, 1.54) is 16.9 Å². The van der Waals surface area contributed by atoms with Crippen molar-refractivity contribution in [3.05, 3.63) is 40.4 Å². The maximum absolute atomic E-state index is 11.3. The Hall–Kier alpha value is -1.88. The average molecular weight is 288 g/mol. The summed E-state index contributed by atoms with van der Waals surface area (Å²) in [4.78, 5) is 18.3. The van der Waals surface area contributed by atoms with Gasteiger partial charge < -0.3 is 10.0 Å². The van der Waals surface area contributed by atoms with Gasteiger partial charge >= 0.3 is 5.97 Å². The molecular formula is C15H16N2O2S. The van der Waals surface area contributed by atoms with Crippen LogP contribution in [0.15, 0.2) is 24.3 Å². The second kappa shape index (κ2) is 5.25. The average Bonchev–Trinajstić information content (AvgIpc) is 2.91. The number of fused-ring (bicyclic) bond motifs is 1. The van der Waals surface area contributed by atoms with Crippen molar-refractivity contribution in [3.63, 3.8) is 0 Å². The molecule has 0 saturated carbocycles. The highest BCUT2D eigenvalue weighted by atomic mass is 32.1. The number of hydrogen-bond donors (Lipinski definition) is 1. The van der Waals surface area contributed by atoms with Gasteiger partial charge in [0.2, 0.25) is 0 Å². The molecular weight excluding hydrogens is 272 g/mol. The normalized spacial score (nSPS) is 14.2. The van der Waals surface area contributed by atoms with Gasteiger partial charge in [-0.2, -0.15) is 0 Å². The quantitative estimate of drug-likeness (QED) is 0.939. The molecule has 1 aliphatic heterocycles. The predicted molar refractivity (Wildman–Crippen MR) is 80.2 cm³/mol. The zero-order chi connectivity index (χ0) is 14.1. The van der Waals surface area contributed by atoms with Crippen LogP contribution in [0.25, 0.3) is 0 Å². The van der Waals surface area contributed by atoms with Crippen molar-refractivity contribution >= 4 is 28.1 Å². The molecule has 5 heteroatoms. The molecule has 0 amide bonds. The van der Waals surface area contributed by atoms with E-state index in [-0.39, 0.29) is 0 Å². The van der Waals surface area contributed by atoms with Crippen LogP contribution < -0.4 is 4.90 Å². The smallest absolute Gasteiger partial charge is 0.347 e. The van der Waals surface area contributed by atoms with E-state index < -0.39 is 5.97 Å². The molecule has 2 heterocycles. The lowest BCUT2D eigenvalue weighted by atomic mass is 10.0. The van der Waals surface area contributed by atoms with Crippen molar-refractivity contribution in [1.82, 2.24) is 4.98 Å². The number of aryl methyl sites for hydroxylation is 2. The van der Waals surface area contributed by atoms with Crippen LogP contribution in [-0.2, 0) is 12.8 Å². The van der Waals surface area contributed by atoms with E-state index in [0.29, 0.717) is 17.0 Å². The molecule has 1 aromatic heterocycles. The fourth-order valence-corrected chi connectivity index (χ4v) is 3.63. The maximum Gasteiger partial charge on any atom is 0.347 e. The molecule has 20 heavy (non-hydrogen) atoms. The molecule has 2 aromatic rings. The fraction of sp³-hybridized carbons (Fsp3) is 0.333. The first-order valence-electron chi connectivity index (χ1n) is 6.79. The second-order valence-electron chi connectivity index (χ2n) is 4.81. The zero-order valence-electron chi connectivity index (χ0n) is 11.3. The summed E-state index contributed by atoms with van der Waals surface area (Å²) in [7, 11) is 0. The molecule has 0 radical (unpaired) electrons. The number of thiazole rings is 1. The Morgan fingerprint density at radius 3 is 2.95 bits per heavy atom. The first-order valence-corrected chi connectivity index (χ1v) is 7.60. The molecule has 0 aliphatic carbocycles. The van der Waals surface area contributed by atoms with E-state index in [2.05, 4.69) is 22.0 Å². The van der Waals surface area contributed by atoms with Crippen LogP contribution in [0.5, 0.6) is 0 Å². The minimum atomic E-state index is -0.879. The molecule has 0 bridgehead atoms. The number of carbonyl (C=O) groups is 1. The van der Waals surface area contributed by atoms with Gasteiger partial charge in [-0.25, -0.2) is 9.78 Å². The first kappa shape index (κ1) is 13.1. The lowest BCUT2D eigenvalue weighted by Crippen LogP contribution is -2.24. The third-order valence-corrected chi connectivity index (χ3v) is 4.66. The number of aromatic carboxylic acids is 1. The standard InChI is InChI=1S/C15H16N2O2S/c1-2-11-13(14(18)19)20-15(16-11)17-9-5-7-10-6-3-4-8-12(10)17/h3-4,6,8H,2,5,7,9H2,1H3,(H,18,19). The van der Waals surface area contributed by atoms with Gasteiger partial charge in [0.25, 0.3) is 0 Å². The van der Waals surface area contributed by atoms with Gasteiger partial charge in [0.05, 0.1) is 5.69 Å². The number of nitrogens with zero attached hydrogens (tertiary/aromatic N) is 2. The van der Waals surface area contributed by atoms with Gasteiger partial charge in [-0.1, -0.05) is 36.5 Å². The Morgan fingerprint density at radius 1 is 1.45 bits per heavy atom. The highest BCUT2D eigenvalue weighted by Gasteiger charge is 2.23. The van der Waals surface area contributed by atoms with E-state index in [9.17, 15) is 9.90 Å². The summed E-state index contributed by atoms with van der Waals surface area (Å²) in [5.41, 5.74) is 3.15. The molecule has 1 aliphatic rings. The van der Waals surface area contributed by atoms with Crippen LogP contribution >= 0.6 is 11.3 Å². The third kappa shape index (κ3) is 2.18. The van der Waals surface area contributed by atoms with Crippen LogP contribution in [0.3, 0.4) is 0 Å². The summed E-state index contributed by atoms with van der Waals surface area (Å²) < 4.78 is 0. The van der Waals surface area contributed by atoms with Crippen LogP contribution in [0.4, 0.5) is 10.8 Å². The Kier molecular flexibility index (Phi) is 3.44. The number of anilines is 2. The Balaban J connectivity index is 2.04. The minimum Gasteiger partial charge on any atom is -0.477 e. The number of aromatic nitrogens is 1. The highest BCUT2D eigenvalue weighted by Crippen LogP contribution is 2.36. The Bertz CT molecular complexity index is 651. The summed E-state index contributed by atoms with van der Waals surface area (Å²) in [6, 6.07) is 8.28. The molecule has 4 nitrogen and oxygen atoms in total. The molecule has 0 unspecified atom stereocenters. The van der Waals surface area contributed by atoms with Crippen molar-refractivity contribution in [3.8, 4) is 0 Å². The molecule has 104 valence electrons. The van der Waals surface area contributed by atoms with E-state index in [0.717, 1.165) is 30.2 Å². The maximum atomic E-state index is 11.3. The van der Waals surface area contributed by atoms with Crippen molar-refractivity contribution in [2.45, 2.75) is 26.2 Å². The van der Waals surface area contributed by atoms with Crippen LogP contribution in [0.2, 0.25) is 0 Å². The molecule has 1 N–H and O–H groups in total. The molecule has 0 saturated heterocycles. The van der Waals surface area contributed by atoms with Crippen LogP contribution in [-0.4, -0.2) is 22.6 Å². The first-order chi connectivity index (χ1) is 9.70. The highest BCUT2D eigenvalue weighted by molar-refractivity contribution is 7.17. The number of benzene rings is 1. The Labute approximate surface area is 121 Å². The van der Waals surface area contributed by atoms with Gasteiger partial charge in [0, 0.05) is 12.2 Å². The molecule has 0 spiro atoms. The number of para-hydroxylation sites is 1. The lowest BCUT2D eigenvalue weighted by Gasteiger charge is -2.28. The molecule has 3 rings (SSSR count). The molecule has 1 aromatic carbocycles. The third-order valence-electron chi connectivity index (χ3n) is 3.56. The number of hydrogen-bond acceptors (Lipinski definition) is 4. The fourth-order valence-electron chi connectivity index (χ4n) is 2.59. The topological polar surface area (TPSA) is 53.4 Å². The van der Waals surface area contributed by atoms with E-state index >= 15 is 0 Å². The second-order valence-corrected chi connectivity index (χ2v) is 5.79.